The van der Waals surface area contributed by atoms with E-state index in [1.54, 1.807) is 27.7 Å². The fraction of sp³-hybridized carbons (Fsp3) is 0.769. The van der Waals surface area contributed by atoms with Gasteiger partial charge in [0.2, 0.25) is 0 Å². The summed E-state index contributed by atoms with van der Waals surface area (Å²) in [7, 11) is -3.30. The summed E-state index contributed by atoms with van der Waals surface area (Å²) in [4.78, 5) is 11.3. The number of hydrogen-bond donors (Lipinski definition) is 1. The predicted molar refractivity (Wildman–Crippen MR) is 76.5 cm³/mol. The fourth-order valence-electron chi connectivity index (χ4n) is 1.37. The highest BCUT2D eigenvalue weighted by atomic mass is 31.2. The highest BCUT2D eigenvalue weighted by Gasteiger charge is 2.19. The lowest BCUT2D eigenvalue weighted by Gasteiger charge is -2.13. The van der Waals surface area contributed by atoms with Crippen LogP contribution in [0.2, 0.25) is 0 Å². The first-order valence-electron chi connectivity index (χ1n) is 6.78. The molecule has 0 bridgehead atoms. The molecule has 0 heterocycles. The third-order valence-corrected chi connectivity index (χ3v) is 3.89. The molecule has 1 atom stereocenters. The van der Waals surface area contributed by atoms with E-state index < -0.39 is 13.7 Å². The third-order valence-electron chi connectivity index (χ3n) is 2.12. The second-order valence-corrected chi connectivity index (χ2v) is 6.26. The van der Waals surface area contributed by atoms with Gasteiger partial charge in [-0.3, -0.25) is 9.36 Å². The molecule has 0 amide bonds. The molecule has 0 saturated carbocycles. The molecule has 0 saturated heterocycles. The Morgan fingerprint density at radius 2 is 1.80 bits per heavy atom. The van der Waals surface area contributed by atoms with Crippen LogP contribution in [-0.2, 0) is 23.1 Å². The van der Waals surface area contributed by atoms with E-state index in [0.717, 1.165) is 0 Å². The number of hydrogen-bond acceptors (Lipinski definition) is 6. The summed E-state index contributed by atoms with van der Waals surface area (Å²) in [5.41, 5.74) is 0. The van der Waals surface area contributed by atoms with Crippen molar-refractivity contribution >= 4 is 13.6 Å². The molecule has 7 heteroatoms. The quantitative estimate of drug-likeness (QED) is 0.493. The topological polar surface area (TPSA) is 82.1 Å². The van der Waals surface area contributed by atoms with Crippen molar-refractivity contribution in [3.63, 3.8) is 0 Å². The van der Waals surface area contributed by atoms with Crippen LogP contribution in [-0.4, -0.2) is 36.5 Å². The molecule has 20 heavy (non-hydrogen) atoms. The minimum Gasteiger partial charge on any atom is -0.463 e. The van der Waals surface area contributed by atoms with Crippen LogP contribution in [0, 0.1) is 0 Å². The zero-order valence-corrected chi connectivity index (χ0v) is 13.5. The lowest BCUT2D eigenvalue weighted by molar-refractivity contribution is -0.147. The normalized spacial score (nSPS) is 13.9. The third kappa shape index (κ3) is 9.26. The monoisotopic (exact) mass is 308 g/mol. The number of rotatable bonds is 10. The van der Waals surface area contributed by atoms with Gasteiger partial charge in [0.15, 0.2) is 0 Å². The van der Waals surface area contributed by atoms with Gasteiger partial charge in [-0.1, -0.05) is 0 Å². The van der Waals surface area contributed by atoms with Crippen molar-refractivity contribution in [2.75, 3.05) is 13.2 Å². The fourth-order valence-corrected chi connectivity index (χ4v) is 2.75. The molecule has 0 aromatic carbocycles. The number of carbonyl (C=O) groups is 1. The van der Waals surface area contributed by atoms with E-state index >= 15 is 0 Å². The summed E-state index contributed by atoms with van der Waals surface area (Å²) in [5, 5.41) is 9.71. The minimum absolute atomic E-state index is 0.0945. The Labute approximate surface area is 120 Å². The highest BCUT2D eigenvalue weighted by Crippen LogP contribution is 2.49. The Balaban J connectivity index is 4.29. The van der Waals surface area contributed by atoms with Crippen molar-refractivity contribution in [1.29, 1.82) is 0 Å². The molecule has 1 N–H and O–H groups in total. The molecule has 0 spiro atoms. The molecule has 0 aliphatic rings. The molecule has 0 aliphatic heterocycles. The molecular weight excluding hydrogens is 283 g/mol. The summed E-state index contributed by atoms with van der Waals surface area (Å²) in [5.74, 6) is 0.864. The second-order valence-electron chi connectivity index (χ2n) is 4.36. The lowest BCUT2D eigenvalue weighted by Crippen LogP contribution is -2.13. The maximum atomic E-state index is 12.1. The Morgan fingerprint density at radius 1 is 1.25 bits per heavy atom. The first-order valence-corrected chi connectivity index (χ1v) is 8.39. The number of aliphatic hydroxyl groups excluding tert-OH is 1. The van der Waals surface area contributed by atoms with Crippen molar-refractivity contribution in [3.05, 3.63) is 11.9 Å². The van der Waals surface area contributed by atoms with Crippen molar-refractivity contribution in [3.8, 4) is 0 Å². The smallest absolute Gasteiger partial charge is 0.353 e. The van der Waals surface area contributed by atoms with Gasteiger partial charge in [0.1, 0.15) is 0 Å². The van der Waals surface area contributed by atoms with E-state index in [9.17, 15) is 14.5 Å². The van der Waals surface area contributed by atoms with Crippen molar-refractivity contribution in [1.82, 2.24) is 0 Å². The number of aliphatic hydroxyl groups is 1. The summed E-state index contributed by atoms with van der Waals surface area (Å²) < 4.78 is 27.1. The van der Waals surface area contributed by atoms with Gasteiger partial charge < -0.3 is 18.9 Å². The van der Waals surface area contributed by atoms with E-state index in [4.69, 9.17) is 13.8 Å². The minimum atomic E-state index is -3.30. The van der Waals surface area contributed by atoms with Gasteiger partial charge in [-0.2, -0.15) is 0 Å². The summed E-state index contributed by atoms with van der Waals surface area (Å²) in [6.07, 6.45) is 0.544. The van der Waals surface area contributed by atoms with Gasteiger partial charge in [-0.15, -0.1) is 0 Å². The van der Waals surface area contributed by atoms with Crippen LogP contribution in [0.4, 0.5) is 0 Å². The van der Waals surface area contributed by atoms with Crippen LogP contribution >= 0.6 is 7.60 Å². The summed E-state index contributed by atoms with van der Waals surface area (Å²) in [6, 6.07) is 0. The van der Waals surface area contributed by atoms with Crippen LogP contribution < -0.4 is 0 Å². The standard InChI is InChI=1S/C13H25O6P/c1-5-17-20(16,18-6-2)10-9-12(14)7-8-13(15)19-11(3)4/h9-12,14H,5-8H2,1-4H3/b10-9+. The molecule has 1 unspecified atom stereocenters. The van der Waals surface area contributed by atoms with E-state index in [1.807, 2.05) is 0 Å². The van der Waals surface area contributed by atoms with Crippen molar-refractivity contribution in [2.24, 2.45) is 0 Å². The maximum absolute atomic E-state index is 12.1. The van der Waals surface area contributed by atoms with Gasteiger partial charge in [0.05, 0.1) is 25.4 Å². The largest absolute Gasteiger partial charge is 0.463 e. The molecule has 0 aliphatic carbocycles. The Kier molecular flexibility index (Phi) is 9.76. The lowest BCUT2D eigenvalue weighted by atomic mass is 10.2. The average molecular weight is 308 g/mol. The van der Waals surface area contributed by atoms with Gasteiger partial charge in [-0.05, 0) is 40.2 Å². The van der Waals surface area contributed by atoms with Crippen LogP contribution in [0.1, 0.15) is 40.5 Å². The molecule has 0 aromatic rings. The van der Waals surface area contributed by atoms with E-state index in [1.165, 1.54) is 11.9 Å². The number of ether oxygens (including phenoxy) is 1. The number of carbonyl (C=O) groups excluding carboxylic acids is 1. The van der Waals surface area contributed by atoms with Gasteiger partial charge >= 0.3 is 13.6 Å². The second kappa shape index (κ2) is 10.1. The molecule has 0 rings (SSSR count). The molecule has 118 valence electrons. The Bertz CT molecular complexity index is 343. The van der Waals surface area contributed by atoms with Crippen molar-refractivity contribution in [2.45, 2.75) is 52.7 Å². The van der Waals surface area contributed by atoms with Gasteiger partial charge in [0, 0.05) is 12.2 Å². The van der Waals surface area contributed by atoms with Crippen LogP contribution in [0.5, 0.6) is 0 Å². The van der Waals surface area contributed by atoms with Crippen LogP contribution in [0.25, 0.3) is 0 Å². The molecule has 6 nitrogen and oxygen atoms in total. The van der Waals surface area contributed by atoms with E-state index in [2.05, 4.69) is 0 Å². The Hall–Kier alpha value is -0.680. The van der Waals surface area contributed by atoms with Crippen molar-refractivity contribution < 1.29 is 28.3 Å². The van der Waals surface area contributed by atoms with Gasteiger partial charge in [0.25, 0.3) is 0 Å². The predicted octanol–water partition coefficient (Wildman–Crippen LogP) is 2.86. The first kappa shape index (κ1) is 19.3. The molecule has 0 fully saturated rings. The summed E-state index contributed by atoms with van der Waals surface area (Å²) >= 11 is 0. The molecule has 0 radical (unpaired) electrons. The Morgan fingerprint density at radius 3 is 2.25 bits per heavy atom. The maximum Gasteiger partial charge on any atom is 0.353 e. The van der Waals surface area contributed by atoms with E-state index in [0.29, 0.717) is 0 Å². The van der Waals surface area contributed by atoms with Gasteiger partial charge in [-0.25, -0.2) is 0 Å². The summed E-state index contributed by atoms with van der Waals surface area (Å²) in [6.45, 7) is 7.43. The first-order chi connectivity index (χ1) is 9.33. The highest BCUT2D eigenvalue weighted by molar-refractivity contribution is 7.57. The van der Waals surface area contributed by atoms with E-state index in [-0.39, 0.29) is 38.1 Å². The van der Waals surface area contributed by atoms with Crippen LogP contribution in [0.3, 0.4) is 0 Å². The zero-order valence-electron chi connectivity index (χ0n) is 12.6. The average Bonchev–Trinajstić information content (AvgIpc) is 2.34. The van der Waals surface area contributed by atoms with Crippen LogP contribution in [0.15, 0.2) is 11.9 Å². The SMILES string of the molecule is CCOP(=O)(/C=C/C(O)CCC(=O)OC(C)C)OCC. The molecular formula is C13H25O6P. The zero-order chi connectivity index (χ0) is 15.6. The molecule has 0 aromatic heterocycles. The number of esters is 1.